The molecular formula is C16H14BrClOS. The van der Waals surface area contributed by atoms with Gasteiger partial charge in [0.1, 0.15) is 5.78 Å². The maximum Gasteiger partial charge on any atom is 0.147 e. The number of halogens is 2. The number of benzene rings is 2. The Balaban J connectivity index is 1.92. The molecule has 0 atom stereocenters. The minimum absolute atomic E-state index is 0.181. The Labute approximate surface area is 136 Å². The Morgan fingerprint density at radius 1 is 1.25 bits per heavy atom. The molecule has 0 aliphatic carbocycles. The van der Waals surface area contributed by atoms with E-state index in [0.29, 0.717) is 17.2 Å². The molecule has 0 aromatic heterocycles. The maximum absolute atomic E-state index is 12.0. The Hall–Kier alpha value is -0.770. The largest absolute Gasteiger partial charge is 0.298 e. The molecule has 1 nitrogen and oxygen atoms in total. The van der Waals surface area contributed by atoms with E-state index >= 15 is 0 Å². The third-order valence-electron chi connectivity index (χ3n) is 2.79. The summed E-state index contributed by atoms with van der Waals surface area (Å²) in [5.41, 5.74) is 2.09. The summed E-state index contributed by atoms with van der Waals surface area (Å²) in [4.78, 5) is 13.1. The van der Waals surface area contributed by atoms with E-state index in [4.69, 9.17) is 11.6 Å². The van der Waals surface area contributed by atoms with Crippen LogP contribution in [0.4, 0.5) is 0 Å². The Morgan fingerprint density at radius 2 is 2.05 bits per heavy atom. The summed E-state index contributed by atoms with van der Waals surface area (Å²) in [5, 5.41) is 0.633. The maximum atomic E-state index is 12.0. The van der Waals surface area contributed by atoms with Gasteiger partial charge in [-0.05, 0) is 36.8 Å². The lowest BCUT2D eigenvalue weighted by atomic mass is 10.1. The monoisotopic (exact) mass is 368 g/mol. The van der Waals surface area contributed by atoms with Crippen molar-refractivity contribution in [2.45, 2.75) is 18.2 Å². The van der Waals surface area contributed by atoms with Gasteiger partial charge in [-0.25, -0.2) is 0 Å². The van der Waals surface area contributed by atoms with E-state index in [1.807, 2.05) is 43.3 Å². The second-order valence-electron chi connectivity index (χ2n) is 4.56. The molecule has 20 heavy (non-hydrogen) atoms. The summed E-state index contributed by atoms with van der Waals surface area (Å²) in [6, 6.07) is 13.8. The first-order chi connectivity index (χ1) is 9.54. The zero-order valence-corrected chi connectivity index (χ0v) is 14.2. The lowest BCUT2D eigenvalue weighted by Gasteiger charge is -2.05. The van der Waals surface area contributed by atoms with E-state index in [-0.39, 0.29) is 5.78 Å². The van der Waals surface area contributed by atoms with E-state index in [2.05, 4.69) is 22.0 Å². The minimum Gasteiger partial charge on any atom is -0.298 e. The SMILES string of the molecule is Cc1cccc(SCC(=O)Cc2ccc(Br)cc2Cl)c1. The molecule has 0 aliphatic rings. The van der Waals surface area contributed by atoms with Crippen LogP contribution in [0.5, 0.6) is 0 Å². The van der Waals surface area contributed by atoms with Crippen LogP contribution in [0.15, 0.2) is 51.8 Å². The van der Waals surface area contributed by atoms with Gasteiger partial charge in [0.2, 0.25) is 0 Å². The predicted molar refractivity (Wildman–Crippen MR) is 89.8 cm³/mol. The van der Waals surface area contributed by atoms with Crippen LogP contribution in [-0.2, 0) is 11.2 Å². The van der Waals surface area contributed by atoms with Gasteiger partial charge in [-0.2, -0.15) is 0 Å². The summed E-state index contributed by atoms with van der Waals surface area (Å²) in [6.07, 6.45) is 0.380. The van der Waals surface area contributed by atoms with Crippen LogP contribution in [0, 0.1) is 6.92 Å². The molecule has 2 rings (SSSR count). The van der Waals surface area contributed by atoms with Gasteiger partial charge in [0.25, 0.3) is 0 Å². The van der Waals surface area contributed by atoms with Crippen LogP contribution >= 0.6 is 39.3 Å². The van der Waals surface area contributed by atoms with Crippen LogP contribution < -0.4 is 0 Å². The molecule has 0 heterocycles. The highest BCUT2D eigenvalue weighted by atomic mass is 79.9. The van der Waals surface area contributed by atoms with Crippen molar-refractivity contribution in [1.29, 1.82) is 0 Å². The normalized spacial score (nSPS) is 10.6. The highest BCUT2D eigenvalue weighted by Crippen LogP contribution is 2.23. The van der Waals surface area contributed by atoms with Crippen LogP contribution in [0.1, 0.15) is 11.1 Å². The molecule has 0 saturated carbocycles. The molecule has 0 radical (unpaired) electrons. The summed E-state index contributed by atoms with van der Waals surface area (Å²) in [5.74, 6) is 0.649. The summed E-state index contributed by atoms with van der Waals surface area (Å²) < 4.78 is 0.924. The van der Waals surface area contributed by atoms with Crippen LogP contribution in [0.2, 0.25) is 5.02 Å². The Morgan fingerprint density at radius 3 is 2.75 bits per heavy atom. The first-order valence-electron chi connectivity index (χ1n) is 6.19. The molecule has 2 aromatic rings. The van der Waals surface area contributed by atoms with Gasteiger partial charge in [0, 0.05) is 20.8 Å². The molecule has 2 aromatic carbocycles. The number of carbonyl (C=O) groups excluding carboxylic acids is 1. The van der Waals surface area contributed by atoms with Gasteiger partial charge < -0.3 is 0 Å². The van der Waals surface area contributed by atoms with Crippen molar-refractivity contribution in [2.75, 3.05) is 5.75 Å². The Bertz CT molecular complexity index is 628. The topological polar surface area (TPSA) is 17.1 Å². The second kappa shape index (κ2) is 7.30. The smallest absolute Gasteiger partial charge is 0.147 e. The molecule has 104 valence electrons. The van der Waals surface area contributed by atoms with Crippen LogP contribution in [0.3, 0.4) is 0 Å². The van der Waals surface area contributed by atoms with Crippen LogP contribution in [0.25, 0.3) is 0 Å². The molecule has 0 saturated heterocycles. The summed E-state index contributed by atoms with van der Waals surface area (Å²) in [7, 11) is 0. The summed E-state index contributed by atoms with van der Waals surface area (Å²) >= 11 is 11.0. The Kier molecular flexibility index (Phi) is 5.70. The highest BCUT2D eigenvalue weighted by Gasteiger charge is 2.08. The van der Waals surface area contributed by atoms with Gasteiger partial charge in [0.15, 0.2) is 0 Å². The lowest BCUT2D eigenvalue weighted by Crippen LogP contribution is -2.06. The molecule has 0 spiro atoms. The van der Waals surface area contributed by atoms with Crippen molar-refractivity contribution in [3.05, 3.63) is 63.1 Å². The standard InChI is InChI=1S/C16H14BrClOS/c1-11-3-2-4-15(7-11)20-10-14(19)8-12-5-6-13(17)9-16(12)18/h2-7,9H,8,10H2,1H3. The van der Waals surface area contributed by atoms with Gasteiger partial charge in [0.05, 0.1) is 5.75 Å². The minimum atomic E-state index is 0.181. The van der Waals surface area contributed by atoms with Crippen molar-refractivity contribution in [3.8, 4) is 0 Å². The third-order valence-corrected chi connectivity index (χ3v) is 4.69. The average molecular weight is 370 g/mol. The van der Waals surface area contributed by atoms with Gasteiger partial charge >= 0.3 is 0 Å². The third kappa shape index (κ3) is 4.65. The van der Waals surface area contributed by atoms with Gasteiger partial charge in [-0.1, -0.05) is 51.3 Å². The fourth-order valence-corrected chi connectivity index (χ4v) is 3.41. The highest BCUT2D eigenvalue weighted by molar-refractivity contribution is 9.10. The molecule has 0 bridgehead atoms. The number of rotatable bonds is 5. The van der Waals surface area contributed by atoms with E-state index in [9.17, 15) is 4.79 Å². The molecular weight excluding hydrogens is 356 g/mol. The lowest BCUT2D eigenvalue weighted by molar-refractivity contribution is -0.116. The number of hydrogen-bond donors (Lipinski definition) is 0. The zero-order valence-electron chi connectivity index (χ0n) is 11.0. The number of thioether (sulfide) groups is 1. The fourth-order valence-electron chi connectivity index (χ4n) is 1.80. The molecule has 0 amide bonds. The van der Waals surface area contributed by atoms with Crippen molar-refractivity contribution in [1.82, 2.24) is 0 Å². The quantitative estimate of drug-likeness (QED) is 0.664. The van der Waals surface area contributed by atoms with E-state index in [0.717, 1.165) is 14.9 Å². The van der Waals surface area contributed by atoms with E-state index in [1.165, 1.54) is 5.56 Å². The van der Waals surface area contributed by atoms with Crippen LogP contribution in [-0.4, -0.2) is 11.5 Å². The number of Topliss-reactive ketones (excluding diaryl/α,β-unsaturated/α-hetero) is 1. The fraction of sp³-hybridized carbons (Fsp3) is 0.188. The molecule has 0 fully saturated rings. The summed E-state index contributed by atoms with van der Waals surface area (Å²) in [6.45, 7) is 2.05. The van der Waals surface area contributed by atoms with Crippen molar-refractivity contribution in [3.63, 3.8) is 0 Å². The molecule has 0 unspecified atom stereocenters. The van der Waals surface area contributed by atoms with Gasteiger partial charge in [-0.15, -0.1) is 11.8 Å². The average Bonchev–Trinajstić information content (AvgIpc) is 2.40. The second-order valence-corrected chi connectivity index (χ2v) is 6.93. The molecule has 0 N–H and O–H groups in total. The first-order valence-corrected chi connectivity index (χ1v) is 8.35. The predicted octanol–water partition coefficient (Wildman–Crippen LogP) is 5.31. The van der Waals surface area contributed by atoms with E-state index < -0.39 is 0 Å². The number of ketones is 1. The molecule has 0 aliphatic heterocycles. The molecule has 4 heteroatoms. The van der Waals surface area contributed by atoms with Gasteiger partial charge in [-0.3, -0.25) is 4.79 Å². The van der Waals surface area contributed by atoms with E-state index in [1.54, 1.807) is 11.8 Å². The number of hydrogen-bond acceptors (Lipinski definition) is 2. The van der Waals surface area contributed by atoms with Crippen molar-refractivity contribution in [2.24, 2.45) is 0 Å². The van der Waals surface area contributed by atoms with Crippen molar-refractivity contribution >= 4 is 45.1 Å². The first kappa shape index (κ1) is 15.6. The zero-order chi connectivity index (χ0) is 14.5. The number of aryl methyl sites for hydroxylation is 1. The van der Waals surface area contributed by atoms with Crippen molar-refractivity contribution < 1.29 is 4.79 Å². The number of carbonyl (C=O) groups is 1.